The highest BCUT2D eigenvalue weighted by Gasteiger charge is 2.41. The van der Waals surface area contributed by atoms with Gasteiger partial charge in [-0.05, 0) is 36.8 Å². The molecule has 0 bridgehead atoms. The van der Waals surface area contributed by atoms with Gasteiger partial charge in [0.25, 0.3) is 0 Å². The van der Waals surface area contributed by atoms with Gasteiger partial charge in [0, 0.05) is 13.2 Å². The molecule has 0 amide bonds. The molecule has 1 aromatic carbocycles. The van der Waals surface area contributed by atoms with Crippen molar-refractivity contribution in [3.63, 3.8) is 0 Å². The Hall–Kier alpha value is -0.930. The number of hydrogen-bond acceptors (Lipinski definition) is 3. The van der Waals surface area contributed by atoms with Crippen molar-refractivity contribution in [1.82, 2.24) is 0 Å². The fraction of sp³-hybridized carbons (Fsp3) is 0.500. The van der Waals surface area contributed by atoms with E-state index in [0.29, 0.717) is 10.7 Å². The SMILES string of the molecule is Nc1c(Cl)cccc1NCC1(CCO)CC1. The summed E-state index contributed by atoms with van der Waals surface area (Å²) < 4.78 is 0. The molecule has 1 fully saturated rings. The van der Waals surface area contributed by atoms with Crippen LogP contribution in [0.2, 0.25) is 5.02 Å². The smallest absolute Gasteiger partial charge is 0.0739 e. The maximum Gasteiger partial charge on any atom is 0.0739 e. The van der Waals surface area contributed by atoms with Crippen molar-refractivity contribution in [3.05, 3.63) is 23.2 Å². The standard InChI is InChI=1S/C12H17ClN2O/c13-9-2-1-3-10(11(9)14)15-8-12(4-5-12)6-7-16/h1-3,15-16H,4-8,14H2. The van der Waals surface area contributed by atoms with Crippen LogP contribution in [-0.2, 0) is 0 Å². The topological polar surface area (TPSA) is 58.3 Å². The van der Waals surface area contributed by atoms with E-state index in [0.717, 1.165) is 18.7 Å². The van der Waals surface area contributed by atoms with Gasteiger partial charge in [-0.2, -0.15) is 0 Å². The number of nitrogens with one attached hydrogen (secondary N) is 1. The molecular formula is C12H17ClN2O. The van der Waals surface area contributed by atoms with Crippen molar-refractivity contribution in [2.75, 3.05) is 24.2 Å². The average Bonchev–Trinajstić information content (AvgIpc) is 3.02. The normalized spacial score (nSPS) is 17.1. The Bertz CT molecular complexity index is 377. The molecule has 1 saturated carbocycles. The highest BCUT2D eigenvalue weighted by molar-refractivity contribution is 6.33. The minimum Gasteiger partial charge on any atom is -0.396 e. The minimum atomic E-state index is 0.257. The second-order valence-corrected chi connectivity index (χ2v) is 4.94. The summed E-state index contributed by atoms with van der Waals surface area (Å²) in [4.78, 5) is 0. The lowest BCUT2D eigenvalue weighted by molar-refractivity contribution is 0.253. The first-order valence-electron chi connectivity index (χ1n) is 5.56. The number of benzene rings is 1. The molecule has 1 aliphatic carbocycles. The van der Waals surface area contributed by atoms with Crippen molar-refractivity contribution >= 4 is 23.0 Å². The summed E-state index contributed by atoms with van der Waals surface area (Å²) in [5, 5.41) is 12.9. The van der Waals surface area contributed by atoms with Crippen molar-refractivity contribution < 1.29 is 5.11 Å². The molecule has 0 atom stereocenters. The quantitative estimate of drug-likeness (QED) is 0.693. The Balaban J connectivity index is 1.97. The number of aliphatic hydroxyl groups excluding tert-OH is 1. The monoisotopic (exact) mass is 240 g/mol. The summed E-state index contributed by atoms with van der Waals surface area (Å²) in [6, 6.07) is 5.59. The van der Waals surface area contributed by atoms with Crippen LogP contribution in [0.5, 0.6) is 0 Å². The van der Waals surface area contributed by atoms with E-state index in [1.165, 1.54) is 12.8 Å². The summed E-state index contributed by atoms with van der Waals surface area (Å²) >= 11 is 5.94. The molecule has 0 heterocycles. The van der Waals surface area contributed by atoms with Crippen LogP contribution in [0.25, 0.3) is 0 Å². The van der Waals surface area contributed by atoms with Crippen LogP contribution in [0, 0.1) is 5.41 Å². The van der Waals surface area contributed by atoms with E-state index < -0.39 is 0 Å². The van der Waals surface area contributed by atoms with Gasteiger partial charge in [0.05, 0.1) is 16.4 Å². The summed E-state index contributed by atoms with van der Waals surface area (Å²) in [6.07, 6.45) is 3.22. The van der Waals surface area contributed by atoms with Crippen LogP contribution >= 0.6 is 11.6 Å². The number of nitrogen functional groups attached to an aromatic ring is 1. The number of hydrogen-bond donors (Lipinski definition) is 3. The molecular weight excluding hydrogens is 224 g/mol. The van der Waals surface area contributed by atoms with Gasteiger partial charge in [-0.25, -0.2) is 0 Å². The molecule has 0 aromatic heterocycles. The van der Waals surface area contributed by atoms with Gasteiger partial charge in [-0.15, -0.1) is 0 Å². The second kappa shape index (κ2) is 4.52. The third-order valence-corrected chi connectivity index (χ3v) is 3.64. The first-order valence-corrected chi connectivity index (χ1v) is 5.93. The van der Waals surface area contributed by atoms with Gasteiger partial charge >= 0.3 is 0 Å². The summed E-state index contributed by atoms with van der Waals surface area (Å²) in [5.74, 6) is 0. The van der Waals surface area contributed by atoms with E-state index in [-0.39, 0.29) is 12.0 Å². The maximum absolute atomic E-state index is 8.96. The molecule has 0 radical (unpaired) electrons. The van der Waals surface area contributed by atoms with Crippen LogP contribution in [-0.4, -0.2) is 18.3 Å². The van der Waals surface area contributed by atoms with Crippen LogP contribution in [0.1, 0.15) is 19.3 Å². The summed E-state index contributed by atoms with van der Waals surface area (Å²) in [5.41, 5.74) is 7.63. The Morgan fingerprint density at radius 3 is 2.81 bits per heavy atom. The zero-order chi connectivity index (χ0) is 11.6. The zero-order valence-corrected chi connectivity index (χ0v) is 9.93. The van der Waals surface area contributed by atoms with E-state index in [1.807, 2.05) is 12.1 Å². The van der Waals surface area contributed by atoms with E-state index in [2.05, 4.69) is 5.32 Å². The van der Waals surface area contributed by atoms with Crippen LogP contribution in [0.15, 0.2) is 18.2 Å². The molecule has 0 unspecified atom stereocenters. The maximum atomic E-state index is 8.96. The van der Waals surface area contributed by atoms with Crippen molar-refractivity contribution in [3.8, 4) is 0 Å². The average molecular weight is 241 g/mol. The van der Waals surface area contributed by atoms with Crippen molar-refractivity contribution in [2.45, 2.75) is 19.3 Å². The number of anilines is 2. The molecule has 1 aliphatic rings. The molecule has 4 N–H and O–H groups in total. The molecule has 0 aliphatic heterocycles. The van der Waals surface area contributed by atoms with Crippen LogP contribution < -0.4 is 11.1 Å². The largest absolute Gasteiger partial charge is 0.396 e. The first-order chi connectivity index (χ1) is 7.67. The van der Waals surface area contributed by atoms with E-state index >= 15 is 0 Å². The number of halogens is 1. The van der Waals surface area contributed by atoms with Gasteiger partial charge in [-0.1, -0.05) is 17.7 Å². The van der Waals surface area contributed by atoms with Crippen molar-refractivity contribution in [2.24, 2.45) is 5.41 Å². The lowest BCUT2D eigenvalue weighted by atomic mass is 10.0. The third-order valence-electron chi connectivity index (χ3n) is 3.31. The number of aliphatic hydroxyl groups is 1. The highest BCUT2D eigenvalue weighted by Crippen LogP contribution is 2.48. The molecule has 1 aromatic rings. The zero-order valence-electron chi connectivity index (χ0n) is 9.17. The second-order valence-electron chi connectivity index (χ2n) is 4.53. The highest BCUT2D eigenvalue weighted by atomic mass is 35.5. The first kappa shape index (κ1) is 11.6. The van der Waals surface area contributed by atoms with Gasteiger partial charge in [0.2, 0.25) is 0 Å². The van der Waals surface area contributed by atoms with Gasteiger partial charge in [0.1, 0.15) is 0 Å². The Labute approximate surface area is 101 Å². The number of nitrogens with two attached hydrogens (primary N) is 1. The van der Waals surface area contributed by atoms with Gasteiger partial charge in [-0.3, -0.25) is 0 Å². The third kappa shape index (κ3) is 2.42. The molecule has 0 saturated heterocycles. The molecule has 16 heavy (non-hydrogen) atoms. The Morgan fingerprint density at radius 2 is 2.19 bits per heavy atom. The lowest BCUT2D eigenvalue weighted by Gasteiger charge is -2.17. The predicted octanol–water partition coefficient (Wildman–Crippen LogP) is 2.50. The number of para-hydroxylation sites is 1. The van der Waals surface area contributed by atoms with E-state index in [9.17, 15) is 0 Å². The molecule has 4 heteroatoms. The van der Waals surface area contributed by atoms with E-state index in [1.54, 1.807) is 6.07 Å². The molecule has 88 valence electrons. The predicted molar refractivity (Wildman–Crippen MR) is 67.7 cm³/mol. The molecule has 0 spiro atoms. The summed E-state index contributed by atoms with van der Waals surface area (Å²) in [7, 11) is 0. The molecule has 2 rings (SSSR count). The fourth-order valence-electron chi connectivity index (χ4n) is 1.90. The Kier molecular flexibility index (Phi) is 3.26. The fourth-order valence-corrected chi connectivity index (χ4v) is 2.08. The van der Waals surface area contributed by atoms with E-state index in [4.69, 9.17) is 22.4 Å². The van der Waals surface area contributed by atoms with Crippen molar-refractivity contribution in [1.29, 1.82) is 0 Å². The summed E-state index contributed by atoms with van der Waals surface area (Å²) in [6.45, 7) is 1.12. The van der Waals surface area contributed by atoms with Crippen LogP contribution in [0.3, 0.4) is 0 Å². The molecule has 3 nitrogen and oxygen atoms in total. The number of rotatable bonds is 5. The van der Waals surface area contributed by atoms with Gasteiger partial charge in [0.15, 0.2) is 0 Å². The minimum absolute atomic E-state index is 0.257. The van der Waals surface area contributed by atoms with Gasteiger partial charge < -0.3 is 16.2 Å². The lowest BCUT2D eigenvalue weighted by Crippen LogP contribution is -2.17. The van der Waals surface area contributed by atoms with Crippen LogP contribution in [0.4, 0.5) is 11.4 Å². The Morgan fingerprint density at radius 1 is 1.44 bits per heavy atom.